The molecule has 7 nitrogen and oxygen atoms in total. The summed E-state index contributed by atoms with van der Waals surface area (Å²) in [5.74, 6) is -2.52. The Balaban J connectivity index is 1.30. The Morgan fingerprint density at radius 1 is 1.00 bits per heavy atom. The van der Waals surface area contributed by atoms with Gasteiger partial charge in [0.1, 0.15) is 5.75 Å². The molecule has 0 unspecified atom stereocenters. The van der Waals surface area contributed by atoms with Crippen LogP contribution < -0.4 is 14.5 Å². The zero-order valence-corrected chi connectivity index (χ0v) is 20.4. The molecule has 35 heavy (non-hydrogen) atoms. The molecule has 2 aliphatic heterocycles. The molecule has 180 valence electrons. The highest BCUT2D eigenvalue weighted by atomic mass is 35.5. The summed E-state index contributed by atoms with van der Waals surface area (Å²) in [5.41, 5.74) is 1.92. The summed E-state index contributed by atoms with van der Waals surface area (Å²) >= 11 is 12.3. The molecule has 2 saturated heterocycles. The van der Waals surface area contributed by atoms with E-state index in [-0.39, 0.29) is 48.3 Å². The maximum atomic E-state index is 13.0. The number of anilines is 2. The Kier molecular flexibility index (Phi) is 6.15. The number of carbonyl (C=O) groups is 4. The molecule has 0 N–H and O–H groups in total. The van der Waals surface area contributed by atoms with Crippen LogP contribution in [0.2, 0.25) is 10.0 Å². The third kappa shape index (κ3) is 4.34. The largest absolute Gasteiger partial charge is 0.426 e. The van der Waals surface area contributed by atoms with Crippen LogP contribution in [0, 0.1) is 17.8 Å². The SMILES string of the molecule is CC1=CC[C@@H]2C(=O)N(c3cccc(OC(=O)[C@@H]4CC(=O)N(c5cc(Cl)ccc5Cl)C4)c3)C(=O)[C@@H]2C1. The molecule has 0 bridgehead atoms. The van der Waals surface area contributed by atoms with Crippen molar-refractivity contribution < 1.29 is 23.9 Å². The van der Waals surface area contributed by atoms with Crippen LogP contribution in [0.15, 0.2) is 54.1 Å². The van der Waals surface area contributed by atoms with E-state index in [1.165, 1.54) is 15.9 Å². The molecule has 2 fully saturated rings. The first kappa shape index (κ1) is 23.6. The molecule has 0 radical (unpaired) electrons. The summed E-state index contributed by atoms with van der Waals surface area (Å²) in [6.07, 6.45) is 3.11. The first-order valence-electron chi connectivity index (χ1n) is 11.3. The number of nitrogens with zero attached hydrogens (tertiary/aromatic N) is 2. The molecule has 2 heterocycles. The maximum Gasteiger partial charge on any atom is 0.316 e. The quantitative estimate of drug-likeness (QED) is 0.254. The van der Waals surface area contributed by atoms with Crippen LogP contribution in [0.4, 0.5) is 11.4 Å². The number of ether oxygens (including phenoxy) is 1. The number of carbonyl (C=O) groups excluding carboxylic acids is 4. The van der Waals surface area contributed by atoms with Gasteiger partial charge in [-0.15, -0.1) is 0 Å². The highest BCUT2D eigenvalue weighted by molar-refractivity contribution is 6.36. The van der Waals surface area contributed by atoms with Gasteiger partial charge in [-0.2, -0.15) is 0 Å². The number of allylic oxidation sites excluding steroid dienone is 2. The molecule has 3 atom stereocenters. The lowest BCUT2D eigenvalue weighted by atomic mass is 9.82. The van der Waals surface area contributed by atoms with Gasteiger partial charge in [0.25, 0.3) is 0 Å². The van der Waals surface area contributed by atoms with Gasteiger partial charge in [-0.25, -0.2) is 4.90 Å². The number of benzene rings is 2. The van der Waals surface area contributed by atoms with E-state index in [4.69, 9.17) is 27.9 Å². The lowest BCUT2D eigenvalue weighted by Crippen LogP contribution is -2.31. The van der Waals surface area contributed by atoms with Crippen molar-refractivity contribution >= 4 is 58.3 Å². The highest BCUT2D eigenvalue weighted by Crippen LogP contribution is 2.40. The zero-order chi connectivity index (χ0) is 24.9. The van der Waals surface area contributed by atoms with E-state index >= 15 is 0 Å². The molecular formula is C26H22Cl2N2O5. The van der Waals surface area contributed by atoms with Crippen molar-refractivity contribution in [3.05, 3.63) is 64.2 Å². The van der Waals surface area contributed by atoms with Crippen LogP contribution in [0.5, 0.6) is 5.75 Å². The number of amides is 3. The standard InChI is InChI=1S/C26H22Cl2N2O5/c1-14-5-7-19-20(9-14)25(33)30(24(19)32)17-3-2-4-18(12-17)35-26(34)15-10-23(31)29(13-15)22-11-16(27)6-8-21(22)28/h2-6,8,11-12,15,19-20H,7,9-10,13H2,1H3/t15-,19+,20-/m1/s1. The van der Waals surface area contributed by atoms with Gasteiger partial charge in [-0.05, 0) is 50.1 Å². The summed E-state index contributed by atoms with van der Waals surface area (Å²) in [6, 6.07) is 11.2. The number of rotatable bonds is 4. The van der Waals surface area contributed by atoms with Gasteiger partial charge in [0.15, 0.2) is 0 Å². The number of fused-ring (bicyclic) bond motifs is 1. The van der Waals surface area contributed by atoms with E-state index in [2.05, 4.69) is 0 Å². The van der Waals surface area contributed by atoms with Gasteiger partial charge in [0, 0.05) is 24.1 Å². The second-order valence-corrected chi connectivity index (χ2v) is 9.98. The van der Waals surface area contributed by atoms with E-state index in [0.717, 1.165) is 5.57 Å². The Morgan fingerprint density at radius 2 is 1.77 bits per heavy atom. The predicted molar refractivity (Wildman–Crippen MR) is 131 cm³/mol. The molecule has 5 rings (SSSR count). The molecule has 3 amide bonds. The van der Waals surface area contributed by atoms with E-state index in [1.54, 1.807) is 36.4 Å². The topological polar surface area (TPSA) is 84.0 Å². The lowest BCUT2D eigenvalue weighted by molar-refractivity contribution is -0.139. The Labute approximate surface area is 212 Å². The normalized spacial score (nSPS) is 24.0. The van der Waals surface area contributed by atoms with Gasteiger partial charge < -0.3 is 9.64 Å². The van der Waals surface area contributed by atoms with Crippen molar-refractivity contribution in [2.45, 2.75) is 26.2 Å². The van der Waals surface area contributed by atoms with Crippen LogP contribution >= 0.6 is 23.2 Å². The minimum Gasteiger partial charge on any atom is -0.426 e. The monoisotopic (exact) mass is 512 g/mol. The summed E-state index contributed by atoms with van der Waals surface area (Å²) in [4.78, 5) is 54.0. The molecule has 2 aromatic carbocycles. The van der Waals surface area contributed by atoms with Crippen molar-refractivity contribution in [3.8, 4) is 5.75 Å². The van der Waals surface area contributed by atoms with Crippen molar-refractivity contribution in [3.63, 3.8) is 0 Å². The van der Waals surface area contributed by atoms with Crippen LogP contribution in [-0.2, 0) is 19.2 Å². The van der Waals surface area contributed by atoms with Gasteiger partial charge in [-0.3, -0.25) is 19.2 Å². The smallest absolute Gasteiger partial charge is 0.316 e. The van der Waals surface area contributed by atoms with Gasteiger partial charge >= 0.3 is 5.97 Å². The summed E-state index contributed by atoms with van der Waals surface area (Å²) in [7, 11) is 0. The molecule has 1 aliphatic carbocycles. The molecule has 0 spiro atoms. The van der Waals surface area contributed by atoms with Crippen molar-refractivity contribution in [1.29, 1.82) is 0 Å². The van der Waals surface area contributed by atoms with E-state index < -0.39 is 11.9 Å². The van der Waals surface area contributed by atoms with Crippen molar-refractivity contribution in [2.75, 3.05) is 16.3 Å². The second kappa shape index (κ2) is 9.13. The van der Waals surface area contributed by atoms with Crippen molar-refractivity contribution in [1.82, 2.24) is 0 Å². The van der Waals surface area contributed by atoms with E-state index in [9.17, 15) is 19.2 Å². The average Bonchev–Trinajstić information content (AvgIpc) is 3.33. The Bertz CT molecular complexity index is 1290. The average molecular weight is 513 g/mol. The number of imide groups is 1. The van der Waals surface area contributed by atoms with Crippen LogP contribution in [0.25, 0.3) is 0 Å². The van der Waals surface area contributed by atoms with Crippen LogP contribution in [0.3, 0.4) is 0 Å². The fraction of sp³-hybridized carbons (Fsp3) is 0.308. The second-order valence-electron chi connectivity index (χ2n) is 9.13. The molecule has 0 saturated carbocycles. The minimum absolute atomic E-state index is 0.0276. The van der Waals surface area contributed by atoms with E-state index in [1.807, 2.05) is 13.0 Å². The van der Waals surface area contributed by atoms with Gasteiger partial charge in [0.05, 0.1) is 34.2 Å². The molecule has 0 aromatic heterocycles. The number of hydrogen-bond acceptors (Lipinski definition) is 5. The first-order chi connectivity index (χ1) is 16.7. The van der Waals surface area contributed by atoms with Gasteiger partial charge in [0.2, 0.25) is 17.7 Å². The molecule has 2 aromatic rings. The third-order valence-corrected chi connectivity index (χ3v) is 7.33. The predicted octanol–water partition coefficient (Wildman–Crippen LogP) is 4.80. The zero-order valence-electron chi connectivity index (χ0n) is 18.9. The summed E-state index contributed by atoms with van der Waals surface area (Å²) in [5, 5.41) is 0.784. The maximum absolute atomic E-state index is 13.0. The molecule has 9 heteroatoms. The Hall–Kier alpha value is -3.16. The molecular weight excluding hydrogens is 491 g/mol. The van der Waals surface area contributed by atoms with Gasteiger partial charge in [-0.1, -0.05) is 40.9 Å². The van der Waals surface area contributed by atoms with Crippen molar-refractivity contribution in [2.24, 2.45) is 17.8 Å². The Morgan fingerprint density at radius 3 is 2.57 bits per heavy atom. The van der Waals surface area contributed by atoms with E-state index in [0.29, 0.717) is 34.3 Å². The highest BCUT2D eigenvalue weighted by Gasteiger charge is 2.48. The van der Waals surface area contributed by atoms with Crippen LogP contribution in [0.1, 0.15) is 26.2 Å². The first-order valence-corrected chi connectivity index (χ1v) is 12.1. The number of halogens is 2. The third-order valence-electron chi connectivity index (χ3n) is 6.77. The molecule has 3 aliphatic rings. The summed E-state index contributed by atoms with van der Waals surface area (Å²) < 4.78 is 5.55. The number of hydrogen-bond donors (Lipinski definition) is 0. The lowest BCUT2D eigenvalue weighted by Gasteiger charge is -2.19. The fourth-order valence-electron chi connectivity index (χ4n) is 4.97. The number of esters is 1. The van der Waals surface area contributed by atoms with Crippen LogP contribution in [-0.4, -0.2) is 30.2 Å². The minimum atomic E-state index is -0.701. The summed E-state index contributed by atoms with van der Waals surface area (Å²) in [6.45, 7) is 2.07. The fourth-order valence-corrected chi connectivity index (χ4v) is 5.35.